The summed E-state index contributed by atoms with van der Waals surface area (Å²) in [6.45, 7) is 2.15. The minimum absolute atomic E-state index is 0.0337. The second-order valence-corrected chi connectivity index (χ2v) is 8.78. The number of hydrogen-bond acceptors (Lipinski definition) is 4. The number of nitrogens with one attached hydrogen (secondary N) is 1. The van der Waals surface area contributed by atoms with Crippen LogP contribution in [0.1, 0.15) is 48.3 Å². The van der Waals surface area contributed by atoms with E-state index in [9.17, 15) is 18.0 Å². The van der Waals surface area contributed by atoms with Gasteiger partial charge in [-0.25, -0.2) is 13.1 Å². The second kappa shape index (κ2) is 8.28. The molecule has 1 aromatic heterocycles. The lowest BCUT2D eigenvalue weighted by atomic mass is 10.1. The molecule has 0 radical (unpaired) electrons. The van der Waals surface area contributed by atoms with Gasteiger partial charge in [0.1, 0.15) is 0 Å². The van der Waals surface area contributed by atoms with E-state index in [1.807, 2.05) is 34.8 Å². The van der Waals surface area contributed by atoms with Crippen LogP contribution in [0, 0.1) is 0 Å². The molecule has 1 saturated heterocycles. The summed E-state index contributed by atoms with van der Waals surface area (Å²) in [5, 5.41) is 0. The van der Waals surface area contributed by atoms with Crippen molar-refractivity contribution < 1.29 is 18.0 Å². The number of amides is 1. The first kappa shape index (κ1) is 20.3. The highest BCUT2D eigenvalue weighted by atomic mass is 32.2. The molecule has 8 heteroatoms. The monoisotopic (exact) mass is 403 g/mol. The third-order valence-corrected chi connectivity index (χ3v) is 6.58. The van der Waals surface area contributed by atoms with Gasteiger partial charge in [0.05, 0.1) is 10.9 Å². The maximum atomic E-state index is 12.6. The largest absolute Gasteiger partial charge is 0.353 e. The molecule has 1 amide bonds. The van der Waals surface area contributed by atoms with Crippen LogP contribution in [0.5, 0.6) is 0 Å². The van der Waals surface area contributed by atoms with E-state index in [4.69, 9.17) is 0 Å². The van der Waals surface area contributed by atoms with Crippen molar-refractivity contribution in [3.8, 4) is 0 Å². The lowest BCUT2D eigenvalue weighted by molar-refractivity contribution is -0.132. The van der Waals surface area contributed by atoms with Crippen LogP contribution in [-0.2, 0) is 21.9 Å². The molecule has 1 aromatic carbocycles. The summed E-state index contributed by atoms with van der Waals surface area (Å²) in [5.74, 6) is -0.181. The molecule has 0 aliphatic carbocycles. The number of aromatic nitrogens is 1. The summed E-state index contributed by atoms with van der Waals surface area (Å²) >= 11 is 0. The quantitative estimate of drug-likeness (QED) is 0.718. The van der Waals surface area contributed by atoms with Crippen LogP contribution in [0.25, 0.3) is 0 Å². The fraction of sp³-hybridized carbons (Fsp3) is 0.400. The van der Waals surface area contributed by atoms with Gasteiger partial charge >= 0.3 is 0 Å². The van der Waals surface area contributed by atoms with Gasteiger partial charge in [-0.2, -0.15) is 0 Å². The molecule has 1 unspecified atom stereocenters. The number of carbonyl (C=O) groups excluding carboxylic acids is 2. The second-order valence-electron chi connectivity index (χ2n) is 7.02. The van der Waals surface area contributed by atoms with Gasteiger partial charge in [-0.05, 0) is 44.0 Å². The zero-order chi connectivity index (χ0) is 20.3. The first-order valence-electron chi connectivity index (χ1n) is 9.31. The number of sulfonamides is 1. The molecule has 2 heterocycles. The van der Waals surface area contributed by atoms with Crippen LogP contribution in [0.2, 0.25) is 0 Å². The summed E-state index contributed by atoms with van der Waals surface area (Å²) in [5.41, 5.74) is 1.55. The number of hydrogen-bond donors (Lipinski definition) is 1. The van der Waals surface area contributed by atoms with Crippen LogP contribution in [0.3, 0.4) is 0 Å². The summed E-state index contributed by atoms with van der Waals surface area (Å²) in [7, 11) is -1.76. The molecule has 3 rings (SSSR count). The third-order valence-electron chi connectivity index (χ3n) is 5.10. The van der Waals surface area contributed by atoms with E-state index < -0.39 is 10.0 Å². The van der Waals surface area contributed by atoms with Gasteiger partial charge in [-0.1, -0.05) is 12.1 Å². The Kier molecular flexibility index (Phi) is 6.00. The Bertz CT molecular complexity index is 964. The van der Waals surface area contributed by atoms with Gasteiger partial charge in [-0.15, -0.1) is 0 Å². The number of Topliss-reactive ketones (excluding diaryl/α,β-unsaturated/α-hetero) is 1. The van der Waals surface area contributed by atoms with Crippen LogP contribution in [0.4, 0.5) is 0 Å². The molecule has 0 saturated carbocycles. The summed E-state index contributed by atoms with van der Waals surface area (Å²) in [4.78, 5) is 25.9. The predicted octanol–water partition coefficient (Wildman–Crippen LogP) is 2.26. The normalized spacial score (nSPS) is 17.1. The van der Waals surface area contributed by atoms with E-state index in [1.54, 1.807) is 0 Å². The molecule has 1 fully saturated rings. The summed E-state index contributed by atoms with van der Waals surface area (Å²) in [6.07, 6.45) is 3.92. The van der Waals surface area contributed by atoms with E-state index in [2.05, 4.69) is 4.72 Å². The Morgan fingerprint density at radius 1 is 1.18 bits per heavy atom. The number of rotatable bonds is 7. The smallest absolute Gasteiger partial charge is 0.240 e. The van der Waals surface area contributed by atoms with Gasteiger partial charge in [0, 0.05) is 44.0 Å². The van der Waals surface area contributed by atoms with Gasteiger partial charge in [0.15, 0.2) is 5.78 Å². The number of ketones is 1. The minimum atomic E-state index is -3.72. The molecular formula is C20H25N3O4S. The van der Waals surface area contributed by atoms with E-state index in [1.165, 1.54) is 31.2 Å². The van der Waals surface area contributed by atoms with Crippen molar-refractivity contribution in [1.82, 2.24) is 14.2 Å². The van der Waals surface area contributed by atoms with Crippen molar-refractivity contribution in [2.75, 3.05) is 13.1 Å². The van der Waals surface area contributed by atoms with Crippen molar-refractivity contribution in [3.63, 3.8) is 0 Å². The lowest BCUT2D eigenvalue weighted by Gasteiger charge is -2.25. The number of benzene rings is 1. The molecular weight excluding hydrogens is 378 g/mol. The molecule has 0 spiro atoms. The van der Waals surface area contributed by atoms with Gasteiger partial charge < -0.3 is 9.47 Å². The minimum Gasteiger partial charge on any atom is -0.353 e. The van der Waals surface area contributed by atoms with E-state index >= 15 is 0 Å². The van der Waals surface area contributed by atoms with Crippen LogP contribution >= 0.6 is 0 Å². The van der Waals surface area contributed by atoms with Gasteiger partial charge in [-0.3, -0.25) is 9.59 Å². The van der Waals surface area contributed by atoms with Crippen molar-refractivity contribution in [3.05, 3.63) is 53.9 Å². The standard InChI is InChI=1S/C20H25N3O4S/c1-15(24)16-7-9-17(10-8-16)28(26,27)21-12-11-20(25)23-14-4-6-19(23)18-5-3-13-22(18)2/h3,5,7-10,13,19,21H,4,6,11-12,14H2,1-2H3. The van der Waals surface area contributed by atoms with Crippen LogP contribution in [0.15, 0.2) is 47.5 Å². The number of nitrogens with zero attached hydrogens (tertiary/aromatic N) is 2. The van der Waals surface area contributed by atoms with Crippen molar-refractivity contribution >= 4 is 21.7 Å². The van der Waals surface area contributed by atoms with Crippen molar-refractivity contribution in [2.24, 2.45) is 7.05 Å². The maximum absolute atomic E-state index is 12.6. The number of aryl methyl sites for hydroxylation is 1. The molecule has 1 aliphatic heterocycles. The van der Waals surface area contributed by atoms with Crippen LogP contribution in [-0.4, -0.2) is 42.7 Å². The Morgan fingerprint density at radius 2 is 1.89 bits per heavy atom. The average Bonchev–Trinajstić information content (AvgIpc) is 3.30. The van der Waals surface area contributed by atoms with E-state index in [0.29, 0.717) is 12.1 Å². The van der Waals surface area contributed by atoms with Crippen molar-refractivity contribution in [2.45, 2.75) is 37.1 Å². The molecule has 1 atom stereocenters. The Hall–Kier alpha value is -2.45. The highest BCUT2D eigenvalue weighted by Crippen LogP contribution is 2.32. The molecule has 7 nitrogen and oxygen atoms in total. The summed E-state index contributed by atoms with van der Waals surface area (Å²) in [6, 6.07) is 9.78. The fourth-order valence-corrected chi connectivity index (χ4v) is 4.61. The van der Waals surface area contributed by atoms with Crippen LogP contribution < -0.4 is 4.72 Å². The first-order chi connectivity index (χ1) is 13.3. The molecule has 0 bridgehead atoms. The zero-order valence-electron chi connectivity index (χ0n) is 16.1. The molecule has 150 valence electrons. The maximum Gasteiger partial charge on any atom is 0.240 e. The topological polar surface area (TPSA) is 88.5 Å². The SMILES string of the molecule is CC(=O)c1ccc(S(=O)(=O)NCCC(=O)N2CCCC2c2cccn2C)cc1. The number of likely N-dealkylation sites (tertiary alicyclic amines) is 1. The Labute approximate surface area is 165 Å². The Balaban J connectivity index is 1.58. The van der Waals surface area contributed by atoms with E-state index in [-0.39, 0.29) is 35.6 Å². The summed E-state index contributed by atoms with van der Waals surface area (Å²) < 4.78 is 29.3. The number of carbonyl (C=O) groups is 2. The predicted molar refractivity (Wildman–Crippen MR) is 105 cm³/mol. The fourth-order valence-electron chi connectivity index (χ4n) is 3.58. The molecule has 2 aromatic rings. The van der Waals surface area contributed by atoms with Crippen molar-refractivity contribution in [1.29, 1.82) is 0 Å². The van der Waals surface area contributed by atoms with Gasteiger partial charge in [0.25, 0.3) is 0 Å². The lowest BCUT2D eigenvalue weighted by Crippen LogP contribution is -2.34. The molecule has 1 N–H and O–H groups in total. The highest BCUT2D eigenvalue weighted by molar-refractivity contribution is 7.89. The van der Waals surface area contributed by atoms with Gasteiger partial charge in [0.2, 0.25) is 15.9 Å². The Morgan fingerprint density at radius 3 is 2.50 bits per heavy atom. The first-order valence-corrected chi connectivity index (χ1v) is 10.8. The van der Waals surface area contributed by atoms with E-state index in [0.717, 1.165) is 18.5 Å². The zero-order valence-corrected chi connectivity index (χ0v) is 16.9. The molecule has 28 heavy (non-hydrogen) atoms. The molecule has 1 aliphatic rings. The third kappa shape index (κ3) is 4.34. The average molecular weight is 404 g/mol. The highest BCUT2D eigenvalue weighted by Gasteiger charge is 2.31.